The van der Waals surface area contributed by atoms with Crippen LogP contribution < -0.4 is 16.4 Å². The molecule has 1 atom stereocenters. The molecule has 1 aromatic carbocycles. The van der Waals surface area contributed by atoms with Gasteiger partial charge >= 0.3 is 0 Å². The highest BCUT2D eigenvalue weighted by Gasteiger charge is 2.24. The number of rotatable bonds is 7. The van der Waals surface area contributed by atoms with Crippen LogP contribution in [0.5, 0.6) is 0 Å². The highest BCUT2D eigenvalue weighted by molar-refractivity contribution is 5.97. The maximum absolute atomic E-state index is 12.8. The number of carbonyl (C=O) groups is 2. The minimum Gasteiger partial charge on any atom is -0.354 e. The average molecular weight is 295 g/mol. The lowest BCUT2D eigenvalue weighted by Crippen LogP contribution is -2.50. The van der Waals surface area contributed by atoms with Gasteiger partial charge in [0.15, 0.2) is 0 Å². The molecule has 0 aliphatic carbocycles. The minimum atomic E-state index is -0.639. The number of hydrogen-bond donors (Lipinski definition) is 3. The van der Waals surface area contributed by atoms with E-state index in [4.69, 9.17) is 5.73 Å². The minimum absolute atomic E-state index is 0.0627. The first-order valence-electron chi connectivity index (χ1n) is 7.00. The van der Waals surface area contributed by atoms with Crippen LogP contribution in [0.1, 0.15) is 30.6 Å². The molecule has 0 radical (unpaired) electrons. The summed E-state index contributed by atoms with van der Waals surface area (Å²) in [7, 11) is 0. The van der Waals surface area contributed by atoms with Gasteiger partial charge in [0.05, 0.1) is 0 Å². The van der Waals surface area contributed by atoms with E-state index in [2.05, 4.69) is 10.6 Å². The third-order valence-corrected chi connectivity index (χ3v) is 3.02. The summed E-state index contributed by atoms with van der Waals surface area (Å²) in [5, 5.41) is 5.41. The van der Waals surface area contributed by atoms with E-state index < -0.39 is 17.8 Å². The van der Waals surface area contributed by atoms with Crippen LogP contribution in [0.4, 0.5) is 4.39 Å². The molecule has 0 bridgehead atoms. The predicted octanol–water partition coefficient (Wildman–Crippen LogP) is 1.05. The lowest BCUT2D eigenvalue weighted by molar-refractivity contribution is -0.123. The van der Waals surface area contributed by atoms with E-state index in [0.29, 0.717) is 25.1 Å². The average Bonchev–Trinajstić information content (AvgIpc) is 2.45. The van der Waals surface area contributed by atoms with Gasteiger partial charge < -0.3 is 16.4 Å². The molecule has 2 amide bonds. The maximum atomic E-state index is 12.8. The van der Waals surface area contributed by atoms with Crippen molar-refractivity contribution in [2.45, 2.75) is 26.3 Å². The van der Waals surface area contributed by atoms with Crippen LogP contribution in [0.15, 0.2) is 24.3 Å². The molecule has 0 aromatic heterocycles. The monoisotopic (exact) mass is 295 g/mol. The van der Waals surface area contributed by atoms with Crippen LogP contribution in [-0.4, -0.2) is 30.9 Å². The molecule has 1 unspecified atom stereocenters. The third kappa shape index (κ3) is 5.51. The molecule has 0 aliphatic rings. The van der Waals surface area contributed by atoms with E-state index in [1.165, 1.54) is 24.3 Å². The molecule has 1 rings (SSSR count). The van der Waals surface area contributed by atoms with Gasteiger partial charge in [0.25, 0.3) is 5.91 Å². The fraction of sp³-hybridized carbons (Fsp3) is 0.467. The summed E-state index contributed by atoms with van der Waals surface area (Å²) in [6, 6.07) is 4.55. The van der Waals surface area contributed by atoms with Gasteiger partial charge in [-0.2, -0.15) is 0 Å². The molecular formula is C15H22FN3O2. The first-order chi connectivity index (χ1) is 9.95. The summed E-state index contributed by atoms with van der Waals surface area (Å²) in [6.45, 7) is 4.66. The second-order valence-electron chi connectivity index (χ2n) is 5.14. The number of nitrogens with one attached hydrogen (secondary N) is 2. The van der Waals surface area contributed by atoms with Crippen LogP contribution in [0.2, 0.25) is 0 Å². The first kappa shape index (κ1) is 17.1. The molecule has 5 nitrogen and oxygen atoms in total. The number of carbonyl (C=O) groups excluding carboxylic acids is 2. The van der Waals surface area contributed by atoms with E-state index in [1.807, 2.05) is 13.8 Å². The summed E-state index contributed by atoms with van der Waals surface area (Å²) >= 11 is 0. The van der Waals surface area contributed by atoms with Crippen molar-refractivity contribution in [3.63, 3.8) is 0 Å². The van der Waals surface area contributed by atoms with Crippen LogP contribution in [0.25, 0.3) is 0 Å². The van der Waals surface area contributed by atoms with Crippen molar-refractivity contribution in [3.8, 4) is 0 Å². The molecule has 1 aromatic rings. The van der Waals surface area contributed by atoms with E-state index in [1.54, 1.807) is 0 Å². The summed E-state index contributed by atoms with van der Waals surface area (Å²) in [6.07, 6.45) is 0.683. The third-order valence-electron chi connectivity index (χ3n) is 3.02. The van der Waals surface area contributed by atoms with Gasteiger partial charge in [0.2, 0.25) is 5.91 Å². The number of nitrogens with two attached hydrogens (primary N) is 1. The summed E-state index contributed by atoms with van der Waals surface area (Å²) in [4.78, 5) is 24.1. The molecule has 0 aliphatic heterocycles. The Hall–Kier alpha value is -1.95. The molecule has 4 N–H and O–H groups in total. The van der Waals surface area contributed by atoms with Crippen molar-refractivity contribution in [3.05, 3.63) is 35.6 Å². The normalized spacial score (nSPS) is 12.0. The lowest BCUT2D eigenvalue weighted by Gasteiger charge is -2.21. The van der Waals surface area contributed by atoms with Crippen molar-refractivity contribution in [1.82, 2.24) is 10.6 Å². The molecule has 0 saturated heterocycles. The van der Waals surface area contributed by atoms with E-state index in [0.717, 1.165) is 0 Å². The van der Waals surface area contributed by atoms with Crippen molar-refractivity contribution >= 4 is 11.8 Å². The Morgan fingerprint density at radius 1 is 1.24 bits per heavy atom. The molecule has 6 heteroatoms. The van der Waals surface area contributed by atoms with Gasteiger partial charge in [-0.15, -0.1) is 0 Å². The van der Waals surface area contributed by atoms with Crippen LogP contribution >= 0.6 is 0 Å². The van der Waals surface area contributed by atoms with Crippen LogP contribution in [0, 0.1) is 11.7 Å². The number of halogens is 1. The smallest absolute Gasteiger partial charge is 0.251 e. The lowest BCUT2D eigenvalue weighted by atomic mass is 10.0. The van der Waals surface area contributed by atoms with Crippen molar-refractivity contribution in [1.29, 1.82) is 0 Å². The molecule has 21 heavy (non-hydrogen) atoms. The van der Waals surface area contributed by atoms with Gasteiger partial charge in [-0.05, 0) is 43.1 Å². The van der Waals surface area contributed by atoms with Gasteiger partial charge in [0, 0.05) is 12.1 Å². The fourth-order valence-electron chi connectivity index (χ4n) is 1.78. The van der Waals surface area contributed by atoms with Gasteiger partial charge in [-0.25, -0.2) is 4.39 Å². The Morgan fingerprint density at radius 2 is 1.86 bits per heavy atom. The highest BCUT2D eigenvalue weighted by Crippen LogP contribution is 2.06. The number of amides is 2. The fourth-order valence-corrected chi connectivity index (χ4v) is 1.78. The van der Waals surface area contributed by atoms with Crippen molar-refractivity contribution in [2.75, 3.05) is 13.1 Å². The van der Waals surface area contributed by atoms with Crippen LogP contribution in [-0.2, 0) is 4.79 Å². The molecule has 0 saturated carbocycles. The van der Waals surface area contributed by atoms with Crippen molar-refractivity contribution < 1.29 is 14.0 Å². The Labute approximate surface area is 124 Å². The zero-order valence-corrected chi connectivity index (χ0v) is 12.4. The zero-order chi connectivity index (χ0) is 15.8. The second kappa shape index (κ2) is 8.36. The molecule has 116 valence electrons. The maximum Gasteiger partial charge on any atom is 0.251 e. The molecular weight excluding hydrogens is 273 g/mol. The highest BCUT2D eigenvalue weighted by atomic mass is 19.1. The summed E-state index contributed by atoms with van der Waals surface area (Å²) < 4.78 is 12.8. The Kier molecular flexibility index (Phi) is 6.81. The first-order valence-corrected chi connectivity index (χ1v) is 7.00. The molecule has 0 heterocycles. The number of hydrogen-bond acceptors (Lipinski definition) is 3. The van der Waals surface area contributed by atoms with E-state index >= 15 is 0 Å². The van der Waals surface area contributed by atoms with Gasteiger partial charge in [-0.1, -0.05) is 13.8 Å². The Balaban J connectivity index is 2.67. The van der Waals surface area contributed by atoms with Crippen molar-refractivity contribution in [2.24, 2.45) is 11.7 Å². The Bertz CT molecular complexity index is 474. The molecule has 0 spiro atoms. The Morgan fingerprint density at radius 3 is 2.38 bits per heavy atom. The van der Waals surface area contributed by atoms with Crippen LogP contribution in [0.3, 0.4) is 0 Å². The van der Waals surface area contributed by atoms with E-state index in [9.17, 15) is 14.0 Å². The largest absolute Gasteiger partial charge is 0.354 e. The van der Waals surface area contributed by atoms with Gasteiger partial charge in [0.1, 0.15) is 11.9 Å². The number of benzene rings is 1. The standard InChI is InChI=1S/C15H22FN3O2/c1-10(2)13(15(21)18-9-3-8-17)19-14(20)11-4-6-12(16)7-5-11/h4-7,10,13H,3,8-9,17H2,1-2H3,(H,18,21)(H,19,20). The summed E-state index contributed by atoms with van der Waals surface area (Å²) in [5.41, 5.74) is 5.68. The SMILES string of the molecule is CC(C)C(NC(=O)c1ccc(F)cc1)C(=O)NCCCN. The quantitative estimate of drug-likeness (QED) is 0.657. The zero-order valence-electron chi connectivity index (χ0n) is 12.4. The van der Waals surface area contributed by atoms with E-state index in [-0.39, 0.29) is 11.8 Å². The van der Waals surface area contributed by atoms with Gasteiger partial charge in [-0.3, -0.25) is 9.59 Å². The topological polar surface area (TPSA) is 84.2 Å². The second-order valence-corrected chi connectivity index (χ2v) is 5.14. The summed E-state index contributed by atoms with van der Waals surface area (Å²) in [5.74, 6) is -1.12. The molecule has 0 fully saturated rings. The predicted molar refractivity (Wildman–Crippen MR) is 79.2 cm³/mol.